The third kappa shape index (κ3) is 2.09. The topological polar surface area (TPSA) is 132 Å². The normalized spacial score (nSPS) is 9.43. The van der Waals surface area contributed by atoms with Crippen LogP contribution in [0.3, 0.4) is 0 Å². The first kappa shape index (κ1) is 9.78. The molecule has 0 spiro atoms. The number of nitrogens with zero attached hydrogens (tertiary/aromatic N) is 1. The summed E-state index contributed by atoms with van der Waals surface area (Å²) in [5.41, 5.74) is 9.89. The highest BCUT2D eigenvalue weighted by Gasteiger charge is 2.14. The summed E-state index contributed by atoms with van der Waals surface area (Å²) in [5.74, 6) is -3.08. The fourth-order valence-electron chi connectivity index (χ4n) is 0.740. The standard InChI is InChI=1S/C7H7N3O4/c8-7(9)10-5(11)3-1-2-4(14-3)6(12)13/h1-2H,(H,12,13)(H4,8,9,10,11). The van der Waals surface area contributed by atoms with Gasteiger partial charge in [0.1, 0.15) is 0 Å². The number of carboxylic acids is 1. The van der Waals surface area contributed by atoms with E-state index in [2.05, 4.69) is 9.41 Å². The van der Waals surface area contributed by atoms with Gasteiger partial charge in [-0.15, -0.1) is 0 Å². The first-order chi connectivity index (χ1) is 6.50. The Balaban J connectivity index is 2.93. The van der Waals surface area contributed by atoms with Crippen molar-refractivity contribution < 1.29 is 19.1 Å². The van der Waals surface area contributed by atoms with E-state index in [0.29, 0.717) is 0 Å². The molecule has 0 aliphatic rings. The van der Waals surface area contributed by atoms with E-state index in [1.807, 2.05) is 0 Å². The number of aromatic carboxylic acids is 1. The Bertz CT molecular complexity index is 403. The SMILES string of the molecule is NC(N)=NC(=O)c1ccc(C(=O)O)o1. The second-order valence-corrected chi connectivity index (χ2v) is 2.31. The summed E-state index contributed by atoms with van der Waals surface area (Å²) < 4.78 is 4.64. The summed E-state index contributed by atoms with van der Waals surface area (Å²) in [7, 11) is 0. The van der Waals surface area contributed by atoms with Crippen molar-refractivity contribution in [3.8, 4) is 0 Å². The molecule has 74 valence electrons. The van der Waals surface area contributed by atoms with Gasteiger partial charge in [-0.2, -0.15) is 4.99 Å². The van der Waals surface area contributed by atoms with Gasteiger partial charge in [0, 0.05) is 0 Å². The first-order valence-corrected chi connectivity index (χ1v) is 3.48. The molecule has 14 heavy (non-hydrogen) atoms. The maximum Gasteiger partial charge on any atom is 0.371 e. The Kier molecular flexibility index (Phi) is 2.52. The number of rotatable bonds is 2. The van der Waals surface area contributed by atoms with Crippen LogP contribution in [0.15, 0.2) is 21.5 Å². The molecule has 0 saturated heterocycles. The molecule has 0 radical (unpaired) electrons. The van der Waals surface area contributed by atoms with Crippen molar-refractivity contribution in [1.29, 1.82) is 0 Å². The number of guanidine groups is 1. The molecule has 7 heteroatoms. The fourth-order valence-corrected chi connectivity index (χ4v) is 0.740. The summed E-state index contributed by atoms with van der Waals surface area (Å²) >= 11 is 0. The van der Waals surface area contributed by atoms with Crippen LogP contribution in [0.1, 0.15) is 21.1 Å². The third-order valence-electron chi connectivity index (χ3n) is 1.26. The Morgan fingerprint density at radius 3 is 2.29 bits per heavy atom. The van der Waals surface area contributed by atoms with E-state index in [1.165, 1.54) is 6.07 Å². The Hall–Kier alpha value is -2.31. The van der Waals surface area contributed by atoms with Crippen LogP contribution in [0.2, 0.25) is 0 Å². The molecule has 7 nitrogen and oxygen atoms in total. The van der Waals surface area contributed by atoms with Gasteiger partial charge in [-0.3, -0.25) is 4.79 Å². The minimum atomic E-state index is -1.27. The molecule has 1 heterocycles. The Labute approximate surface area is 78.0 Å². The quantitative estimate of drug-likeness (QED) is 0.428. The molecule has 1 aromatic heterocycles. The van der Waals surface area contributed by atoms with E-state index >= 15 is 0 Å². The molecule has 0 atom stereocenters. The van der Waals surface area contributed by atoms with Crippen molar-refractivity contribution >= 4 is 17.8 Å². The smallest absolute Gasteiger partial charge is 0.371 e. The summed E-state index contributed by atoms with van der Waals surface area (Å²) in [5, 5.41) is 8.47. The van der Waals surface area contributed by atoms with Crippen LogP contribution < -0.4 is 11.5 Å². The van der Waals surface area contributed by atoms with Gasteiger partial charge in [0.05, 0.1) is 0 Å². The maximum atomic E-state index is 11.1. The van der Waals surface area contributed by atoms with E-state index in [4.69, 9.17) is 16.6 Å². The summed E-state index contributed by atoms with van der Waals surface area (Å²) in [6.45, 7) is 0. The van der Waals surface area contributed by atoms with Gasteiger partial charge in [-0.05, 0) is 12.1 Å². The zero-order valence-electron chi connectivity index (χ0n) is 6.93. The Morgan fingerprint density at radius 2 is 1.86 bits per heavy atom. The predicted octanol–water partition coefficient (Wildman–Crippen LogP) is -0.609. The zero-order chi connectivity index (χ0) is 10.7. The van der Waals surface area contributed by atoms with E-state index < -0.39 is 17.8 Å². The van der Waals surface area contributed by atoms with Gasteiger partial charge in [-0.25, -0.2) is 4.79 Å². The number of carbonyl (C=O) groups is 2. The summed E-state index contributed by atoms with van der Waals surface area (Å²) in [6, 6.07) is 2.32. The number of hydrogen-bond acceptors (Lipinski definition) is 3. The lowest BCUT2D eigenvalue weighted by atomic mass is 10.4. The fraction of sp³-hybridized carbons (Fsp3) is 0. The number of furan rings is 1. The highest BCUT2D eigenvalue weighted by Crippen LogP contribution is 2.08. The van der Waals surface area contributed by atoms with Crippen LogP contribution in [0.4, 0.5) is 0 Å². The number of amides is 1. The molecule has 0 saturated carbocycles. The molecule has 0 aliphatic heterocycles. The predicted molar refractivity (Wildman–Crippen MR) is 45.8 cm³/mol. The number of nitrogens with two attached hydrogens (primary N) is 2. The summed E-state index contributed by atoms with van der Waals surface area (Å²) in [4.78, 5) is 24.6. The highest BCUT2D eigenvalue weighted by atomic mass is 16.4. The van der Waals surface area contributed by atoms with E-state index in [1.54, 1.807) is 0 Å². The Morgan fingerprint density at radius 1 is 1.29 bits per heavy atom. The van der Waals surface area contributed by atoms with Crippen LogP contribution >= 0.6 is 0 Å². The molecule has 5 N–H and O–H groups in total. The minimum absolute atomic E-state index is 0.226. The van der Waals surface area contributed by atoms with Crippen molar-refractivity contribution in [3.05, 3.63) is 23.7 Å². The van der Waals surface area contributed by atoms with E-state index in [9.17, 15) is 9.59 Å². The molecule has 0 aromatic carbocycles. The van der Waals surface area contributed by atoms with Gasteiger partial charge >= 0.3 is 11.9 Å². The monoisotopic (exact) mass is 197 g/mol. The lowest BCUT2D eigenvalue weighted by Crippen LogP contribution is -2.24. The zero-order valence-corrected chi connectivity index (χ0v) is 6.93. The molecule has 1 amide bonds. The van der Waals surface area contributed by atoms with Gasteiger partial charge < -0.3 is 21.0 Å². The number of aliphatic imine (C=N–C) groups is 1. The van der Waals surface area contributed by atoms with Crippen LogP contribution in [0, 0.1) is 0 Å². The molecular weight excluding hydrogens is 190 g/mol. The van der Waals surface area contributed by atoms with Crippen LogP contribution in [0.25, 0.3) is 0 Å². The number of carbonyl (C=O) groups excluding carboxylic acids is 1. The lowest BCUT2D eigenvalue weighted by Gasteiger charge is -1.89. The van der Waals surface area contributed by atoms with Gasteiger partial charge in [0.15, 0.2) is 11.7 Å². The minimum Gasteiger partial charge on any atom is -0.475 e. The third-order valence-corrected chi connectivity index (χ3v) is 1.26. The van der Waals surface area contributed by atoms with Crippen molar-refractivity contribution in [3.63, 3.8) is 0 Å². The average molecular weight is 197 g/mol. The second kappa shape index (κ2) is 3.60. The van der Waals surface area contributed by atoms with Crippen LogP contribution in [-0.2, 0) is 0 Å². The molecule has 0 aliphatic carbocycles. The number of carboxylic acid groups (broad SMARTS) is 1. The molecule has 1 aromatic rings. The second-order valence-electron chi connectivity index (χ2n) is 2.31. The van der Waals surface area contributed by atoms with Crippen molar-refractivity contribution in [2.45, 2.75) is 0 Å². The van der Waals surface area contributed by atoms with Gasteiger partial charge in [-0.1, -0.05) is 0 Å². The van der Waals surface area contributed by atoms with Gasteiger partial charge in [0.25, 0.3) is 0 Å². The molecule has 0 unspecified atom stereocenters. The van der Waals surface area contributed by atoms with Crippen LogP contribution in [-0.4, -0.2) is 22.9 Å². The molecule has 1 rings (SSSR count). The van der Waals surface area contributed by atoms with E-state index in [0.717, 1.165) is 6.07 Å². The lowest BCUT2D eigenvalue weighted by molar-refractivity contribution is 0.0660. The van der Waals surface area contributed by atoms with Crippen molar-refractivity contribution in [1.82, 2.24) is 0 Å². The molecule has 0 bridgehead atoms. The van der Waals surface area contributed by atoms with Gasteiger partial charge in [0.2, 0.25) is 5.76 Å². The molecular formula is C7H7N3O4. The largest absolute Gasteiger partial charge is 0.475 e. The van der Waals surface area contributed by atoms with Crippen molar-refractivity contribution in [2.75, 3.05) is 0 Å². The van der Waals surface area contributed by atoms with Crippen molar-refractivity contribution in [2.24, 2.45) is 16.5 Å². The maximum absolute atomic E-state index is 11.1. The van der Waals surface area contributed by atoms with Crippen LogP contribution in [0.5, 0.6) is 0 Å². The average Bonchev–Trinajstić information content (AvgIpc) is 2.50. The number of hydrogen-bond donors (Lipinski definition) is 3. The highest BCUT2D eigenvalue weighted by molar-refractivity contribution is 6.00. The first-order valence-electron chi connectivity index (χ1n) is 3.48. The molecule has 0 fully saturated rings. The summed E-state index contributed by atoms with van der Waals surface area (Å²) in [6.07, 6.45) is 0. The van der Waals surface area contributed by atoms with E-state index in [-0.39, 0.29) is 11.5 Å².